The predicted molar refractivity (Wildman–Crippen MR) is 55.8 cm³/mol. The van der Waals surface area contributed by atoms with Gasteiger partial charge in [-0.2, -0.15) is 0 Å². The second-order valence-electron chi connectivity index (χ2n) is 2.42. The average Bonchev–Trinajstić information content (AvgIpc) is 2.56. The number of benzene rings is 1. The van der Waals surface area contributed by atoms with E-state index >= 15 is 0 Å². The SMILES string of the molecule is Oc1ccc(Oc2nnc(Br)s2)cc1. The molecule has 1 heterocycles. The first-order chi connectivity index (χ1) is 6.74. The zero-order valence-electron chi connectivity index (χ0n) is 6.85. The number of ether oxygens (including phenoxy) is 1. The first-order valence-corrected chi connectivity index (χ1v) is 5.31. The van der Waals surface area contributed by atoms with Crippen LogP contribution in [-0.4, -0.2) is 15.3 Å². The third-order valence-electron chi connectivity index (χ3n) is 1.42. The molecule has 0 radical (unpaired) electrons. The van der Waals surface area contributed by atoms with Gasteiger partial charge in [0.05, 0.1) is 0 Å². The lowest BCUT2D eigenvalue weighted by Gasteiger charge is -1.99. The van der Waals surface area contributed by atoms with Crippen molar-refractivity contribution in [1.82, 2.24) is 10.2 Å². The van der Waals surface area contributed by atoms with Crippen molar-refractivity contribution in [3.63, 3.8) is 0 Å². The van der Waals surface area contributed by atoms with E-state index in [9.17, 15) is 0 Å². The van der Waals surface area contributed by atoms with Crippen molar-refractivity contribution in [2.75, 3.05) is 0 Å². The Morgan fingerprint density at radius 2 is 1.93 bits per heavy atom. The van der Waals surface area contributed by atoms with Gasteiger partial charge in [0.1, 0.15) is 11.5 Å². The van der Waals surface area contributed by atoms with Crippen LogP contribution in [-0.2, 0) is 0 Å². The second-order valence-corrected chi connectivity index (χ2v) is 4.63. The number of aromatic hydroxyl groups is 1. The van der Waals surface area contributed by atoms with Gasteiger partial charge in [-0.15, -0.1) is 5.10 Å². The van der Waals surface area contributed by atoms with Crippen molar-refractivity contribution >= 4 is 27.3 Å². The molecule has 0 bridgehead atoms. The van der Waals surface area contributed by atoms with Crippen LogP contribution >= 0.6 is 27.3 Å². The summed E-state index contributed by atoms with van der Waals surface area (Å²) in [6, 6.07) is 6.41. The summed E-state index contributed by atoms with van der Waals surface area (Å²) in [4.78, 5) is 0. The monoisotopic (exact) mass is 272 g/mol. The van der Waals surface area contributed by atoms with Crippen molar-refractivity contribution in [1.29, 1.82) is 0 Å². The van der Waals surface area contributed by atoms with E-state index in [2.05, 4.69) is 26.1 Å². The van der Waals surface area contributed by atoms with Crippen LogP contribution in [0.1, 0.15) is 0 Å². The number of phenolic OH excluding ortho intramolecular Hbond substituents is 1. The van der Waals surface area contributed by atoms with Gasteiger partial charge in [0.25, 0.3) is 5.19 Å². The standard InChI is InChI=1S/C8H5BrN2O2S/c9-7-10-11-8(14-7)13-6-3-1-5(12)2-4-6/h1-4,12H. The molecule has 0 fully saturated rings. The maximum absolute atomic E-state index is 9.04. The van der Waals surface area contributed by atoms with Crippen molar-refractivity contribution in [3.05, 3.63) is 28.2 Å². The van der Waals surface area contributed by atoms with E-state index < -0.39 is 0 Å². The summed E-state index contributed by atoms with van der Waals surface area (Å²) in [7, 11) is 0. The summed E-state index contributed by atoms with van der Waals surface area (Å²) in [6.07, 6.45) is 0. The van der Waals surface area contributed by atoms with Gasteiger partial charge in [-0.1, -0.05) is 5.10 Å². The summed E-state index contributed by atoms with van der Waals surface area (Å²) < 4.78 is 6.03. The quantitative estimate of drug-likeness (QED) is 0.914. The number of aromatic nitrogens is 2. The minimum absolute atomic E-state index is 0.204. The van der Waals surface area contributed by atoms with E-state index in [1.165, 1.54) is 11.3 Å². The topological polar surface area (TPSA) is 55.2 Å². The van der Waals surface area contributed by atoms with Gasteiger partial charge in [0.2, 0.25) is 0 Å². The van der Waals surface area contributed by atoms with E-state index in [0.29, 0.717) is 14.9 Å². The van der Waals surface area contributed by atoms with Crippen LogP contribution < -0.4 is 4.74 Å². The molecule has 2 rings (SSSR count). The number of hydrogen-bond acceptors (Lipinski definition) is 5. The molecule has 0 aliphatic rings. The molecule has 0 aliphatic carbocycles. The van der Waals surface area contributed by atoms with E-state index in [4.69, 9.17) is 9.84 Å². The van der Waals surface area contributed by atoms with Crippen LogP contribution in [0.25, 0.3) is 0 Å². The predicted octanol–water partition coefficient (Wildman–Crippen LogP) is 2.80. The van der Waals surface area contributed by atoms with E-state index in [1.54, 1.807) is 24.3 Å². The molecule has 2 aromatic rings. The summed E-state index contributed by atoms with van der Waals surface area (Å²) in [6.45, 7) is 0. The molecule has 0 saturated carbocycles. The van der Waals surface area contributed by atoms with Crippen LogP contribution in [0, 0.1) is 0 Å². The van der Waals surface area contributed by atoms with Crippen LogP contribution in [0.2, 0.25) is 0 Å². The summed E-state index contributed by atoms with van der Waals surface area (Å²) in [5.41, 5.74) is 0. The molecule has 0 saturated heterocycles. The Hall–Kier alpha value is -1.14. The Morgan fingerprint density at radius 3 is 2.50 bits per heavy atom. The molecular formula is C8H5BrN2O2S. The van der Waals surface area contributed by atoms with E-state index in [-0.39, 0.29) is 5.75 Å². The van der Waals surface area contributed by atoms with Gasteiger partial charge in [-0.25, -0.2) is 0 Å². The van der Waals surface area contributed by atoms with E-state index in [0.717, 1.165) is 0 Å². The fourth-order valence-corrected chi connectivity index (χ4v) is 1.79. The number of rotatable bonds is 2. The highest BCUT2D eigenvalue weighted by Gasteiger charge is 2.03. The summed E-state index contributed by atoms with van der Waals surface area (Å²) in [5.74, 6) is 0.822. The lowest BCUT2D eigenvalue weighted by molar-refractivity contribution is 0.460. The molecule has 4 nitrogen and oxygen atoms in total. The Morgan fingerprint density at radius 1 is 1.21 bits per heavy atom. The fraction of sp³-hybridized carbons (Fsp3) is 0. The van der Waals surface area contributed by atoms with E-state index in [1.807, 2.05) is 0 Å². The maximum atomic E-state index is 9.04. The van der Waals surface area contributed by atoms with Gasteiger partial charge in [-0.05, 0) is 51.5 Å². The van der Waals surface area contributed by atoms with Crippen LogP contribution in [0.5, 0.6) is 16.7 Å². The zero-order chi connectivity index (χ0) is 9.97. The third kappa shape index (κ3) is 2.21. The molecule has 6 heteroatoms. The van der Waals surface area contributed by atoms with Gasteiger partial charge in [-0.3, -0.25) is 0 Å². The lowest BCUT2D eigenvalue weighted by atomic mass is 10.3. The third-order valence-corrected chi connectivity index (χ3v) is 2.66. The number of hydrogen-bond donors (Lipinski definition) is 1. The van der Waals surface area contributed by atoms with Gasteiger partial charge >= 0.3 is 0 Å². The van der Waals surface area contributed by atoms with Crippen LogP contribution in [0.3, 0.4) is 0 Å². The first kappa shape index (κ1) is 9.42. The van der Waals surface area contributed by atoms with Crippen molar-refractivity contribution in [2.24, 2.45) is 0 Å². The minimum atomic E-state index is 0.204. The largest absolute Gasteiger partial charge is 0.508 e. The van der Waals surface area contributed by atoms with Gasteiger partial charge < -0.3 is 9.84 Å². The highest BCUT2D eigenvalue weighted by molar-refractivity contribution is 9.11. The molecule has 14 heavy (non-hydrogen) atoms. The van der Waals surface area contributed by atoms with Crippen molar-refractivity contribution in [2.45, 2.75) is 0 Å². The smallest absolute Gasteiger partial charge is 0.300 e. The van der Waals surface area contributed by atoms with Crippen LogP contribution in [0.4, 0.5) is 0 Å². The molecule has 0 spiro atoms. The van der Waals surface area contributed by atoms with Gasteiger partial charge in [0, 0.05) is 0 Å². The molecule has 1 N–H and O–H groups in total. The minimum Gasteiger partial charge on any atom is -0.508 e. The van der Waals surface area contributed by atoms with Crippen molar-refractivity contribution < 1.29 is 9.84 Å². The highest BCUT2D eigenvalue weighted by atomic mass is 79.9. The van der Waals surface area contributed by atoms with Gasteiger partial charge in [0.15, 0.2) is 3.92 Å². The van der Waals surface area contributed by atoms with Crippen LogP contribution in [0.15, 0.2) is 28.2 Å². The highest BCUT2D eigenvalue weighted by Crippen LogP contribution is 2.28. The maximum Gasteiger partial charge on any atom is 0.300 e. The molecule has 0 amide bonds. The molecule has 0 unspecified atom stereocenters. The summed E-state index contributed by atoms with van der Waals surface area (Å²) >= 11 is 4.48. The molecular weight excluding hydrogens is 268 g/mol. The first-order valence-electron chi connectivity index (χ1n) is 3.70. The molecule has 0 atom stereocenters. The molecule has 0 aliphatic heterocycles. The number of nitrogens with zero attached hydrogens (tertiary/aromatic N) is 2. The average molecular weight is 273 g/mol. The summed E-state index contributed by atoms with van der Waals surface area (Å²) in [5, 5.41) is 17.0. The molecule has 1 aromatic carbocycles. The molecule has 1 aromatic heterocycles. The Balaban J connectivity index is 2.15. The number of halogens is 1. The Bertz CT molecular complexity index is 429. The number of phenols is 1. The Kier molecular flexibility index (Phi) is 2.64. The fourth-order valence-electron chi connectivity index (χ4n) is 0.849. The lowest BCUT2D eigenvalue weighted by Crippen LogP contribution is -1.82. The normalized spacial score (nSPS) is 10.1. The Labute approximate surface area is 92.3 Å². The zero-order valence-corrected chi connectivity index (χ0v) is 9.25. The molecule has 72 valence electrons. The van der Waals surface area contributed by atoms with Crippen molar-refractivity contribution in [3.8, 4) is 16.7 Å². The second kappa shape index (κ2) is 3.93.